The predicted molar refractivity (Wildman–Crippen MR) is 57.2 cm³/mol. The van der Waals surface area contributed by atoms with E-state index in [0.29, 0.717) is 11.1 Å². The van der Waals surface area contributed by atoms with E-state index in [4.69, 9.17) is 0 Å². The highest BCUT2D eigenvalue weighted by Crippen LogP contribution is 2.28. The number of benzene rings is 1. The van der Waals surface area contributed by atoms with Crippen LogP contribution in [0.5, 0.6) is 0 Å². The number of carbonyl (C=O) groups excluding carboxylic acids is 1. The van der Waals surface area contributed by atoms with Crippen molar-refractivity contribution < 1.29 is 9.72 Å². The molecule has 0 amide bonds. The number of hydrogen-bond donors (Lipinski definition) is 0. The fraction of sp³-hybridized carbons (Fsp3) is 0.364. The zero-order valence-corrected chi connectivity index (χ0v) is 8.98. The second-order valence-corrected chi connectivity index (χ2v) is 4.40. The molecule has 0 radical (unpaired) electrons. The molecule has 4 heteroatoms. The van der Waals surface area contributed by atoms with E-state index in [9.17, 15) is 14.9 Å². The Labute approximate surface area is 88.1 Å². The molecule has 0 atom stereocenters. The van der Waals surface area contributed by atoms with Crippen LogP contribution in [0.3, 0.4) is 0 Å². The topological polar surface area (TPSA) is 60.2 Å². The van der Waals surface area contributed by atoms with Crippen LogP contribution in [0.4, 0.5) is 5.69 Å². The molecule has 0 saturated heterocycles. The number of nitro benzene ring substituents is 1. The van der Waals surface area contributed by atoms with Crippen LogP contribution >= 0.6 is 0 Å². The van der Waals surface area contributed by atoms with Gasteiger partial charge in [-0.05, 0) is 17.0 Å². The van der Waals surface area contributed by atoms with E-state index in [1.54, 1.807) is 0 Å². The molecule has 0 saturated carbocycles. The maximum Gasteiger partial charge on any atom is 0.269 e. The standard InChI is InChI=1S/C11H13NO3/c1-11(2,3)10-6-9(12(14)15)5-4-8(10)7-13/h4-7H,1-3H3. The molecule has 0 aliphatic carbocycles. The minimum Gasteiger partial charge on any atom is -0.298 e. The maximum absolute atomic E-state index is 10.8. The molecule has 0 aliphatic heterocycles. The van der Waals surface area contributed by atoms with Gasteiger partial charge in [-0.3, -0.25) is 14.9 Å². The van der Waals surface area contributed by atoms with Crippen LogP contribution in [0.15, 0.2) is 18.2 Å². The lowest BCUT2D eigenvalue weighted by Gasteiger charge is -2.20. The fourth-order valence-corrected chi connectivity index (χ4v) is 1.41. The molecular formula is C11H13NO3. The first-order valence-corrected chi connectivity index (χ1v) is 4.60. The van der Waals surface area contributed by atoms with E-state index in [0.717, 1.165) is 6.29 Å². The predicted octanol–water partition coefficient (Wildman–Crippen LogP) is 2.70. The molecule has 0 aliphatic rings. The summed E-state index contributed by atoms with van der Waals surface area (Å²) in [6.07, 6.45) is 0.726. The Kier molecular flexibility index (Phi) is 2.88. The van der Waals surface area contributed by atoms with E-state index in [1.807, 2.05) is 20.8 Å². The van der Waals surface area contributed by atoms with Gasteiger partial charge < -0.3 is 0 Å². The van der Waals surface area contributed by atoms with E-state index >= 15 is 0 Å². The number of nitro groups is 1. The highest BCUT2D eigenvalue weighted by Gasteiger charge is 2.20. The van der Waals surface area contributed by atoms with Gasteiger partial charge >= 0.3 is 0 Å². The number of carbonyl (C=O) groups is 1. The van der Waals surface area contributed by atoms with E-state index in [-0.39, 0.29) is 11.1 Å². The molecule has 0 spiro atoms. The van der Waals surface area contributed by atoms with Gasteiger partial charge in [0, 0.05) is 17.7 Å². The van der Waals surface area contributed by atoms with Crippen LogP contribution in [-0.4, -0.2) is 11.2 Å². The summed E-state index contributed by atoms with van der Waals surface area (Å²) in [6, 6.07) is 4.30. The number of non-ortho nitro benzene ring substituents is 1. The normalized spacial score (nSPS) is 11.1. The number of aldehydes is 1. The summed E-state index contributed by atoms with van der Waals surface area (Å²) >= 11 is 0. The van der Waals surface area contributed by atoms with Crippen molar-refractivity contribution in [3.05, 3.63) is 39.4 Å². The Hall–Kier alpha value is -1.71. The fourth-order valence-electron chi connectivity index (χ4n) is 1.41. The Morgan fingerprint density at radius 1 is 1.33 bits per heavy atom. The molecule has 1 aromatic rings. The minimum atomic E-state index is -0.455. The molecule has 0 aromatic heterocycles. The van der Waals surface area contributed by atoms with Gasteiger partial charge in [0.2, 0.25) is 0 Å². The summed E-state index contributed by atoms with van der Waals surface area (Å²) in [7, 11) is 0. The smallest absolute Gasteiger partial charge is 0.269 e. The largest absolute Gasteiger partial charge is 0.298 e. The van der Waals surface area contributed by atoms with Crippen molar-refractivity contribution in [2.75, 3.05) is 0 Å². The molecule has 1 aromatic carbocycles. The van der Waals surface area contributed by atoms with E-state index < -0.39 is 4.92 Å². The zero-order valence-electron chi connectivity index (χ0n) is 8.98. The SMILES string of the molecule is CC(C)(C)c1cc([N+](=O)[O-])ccc1C=O. The summed E-state index contributed by atoms with van der Waals surface area (Å²) in [5.74, 6) is 0. The lowest BCUT2D eigenvalue weighted by molar-refractivity contribution is -0.385. The van der Waals surface area contributed by atoms with Crippen molar-refractivity contribution >= 4 is 12.0 Å². The molecule has 15 heavy (non-hydrogen) atoms. The molecule has 0 bridgehead atoms. The lowest BCUT2D eigenvalue weighted by Crippen LogP contribution is -2.14. The number of hydrogen-bond acceptors (Lipinski definition) is 3. The molecule has 0 N–H and O–H groups in total. The third-order valence-corrected chi connectivity index (χ3v) is 2.18. The van der Waals surface area contributed by atoms with E-state index in [1.165, 1.54) is 18.2 Å². The van der Waals surface area contributed by atoms with Crippen LogP contribution in [-0.2, 0) is 5.41 Å². The van der Waals surface area contributed by atoms with Gasteiger partial charge in [-0.25, -0.2) is 0 Å². The lowest BCUT2D eigenvalue weighted by atomic mass is 9.84. The minimum absolute atomic E-state index is 0.0190. The maximum atomic E-state index is 10.8. The summed E-state index contributed by atoms with van der Waals surface area (Å²) < 4.78 is 0. The van der Waals surface area contributed by atoms with Gasteiger partial charge in [0.15, 0.2) is 0 Å². The Morgan fingerprint density at radius 2 is 1.93 bits per heavy atom. The Morgan fingerprint density at radius 3 is 2.33 bits per heavy atom. The highest BCUT2D eigenvalue weighted by molar-refractivity contribution is 5.78. The summed E-state index contributed by atoms with van der Waals surface area (Å²) in [5.41, 5.74) is 0.952. The average molecular weight is 207 g/mol. The molecule has 0 fully saturated rings. The van der Waals surface area contributed by atoms with E-state index in [2.05, 4.69) is 0 Å². The van der Waals surface area contributed by atoms with Crippen molar-refractivity contribution in [3.8, 4) is 0 Å². The van der Waals surface area contributed by atoms with Gasteiger partial charge in [-0.1, -0.05) is 20.8 Å². The first kappa shape index (κ1) is 11.4. The first-order valence-electron chi connectivity index (χ1n) is 4.60. The Bertz CT molecular complexity index is 405. The highest BCUT2D eigenvalue weighted by atomic mass is 16.6. The summed E-state index contributed by atoms with van der Waals surface area (Å²) in [4.78, 5) is 20.9. The second kappa shape index (κ2) is 3.81. The quantitative estimate of drug-likeness (QED) is 0.425. The van der Waals surface area contributed by atoms with Crippen LogP contribution in [0.2, 0.25) is 0 Å². The molecular weight excluding hydrogens is 194 g/mol. The van der Waals surface area contributed by atoms with Crippen LogP contribution in [0.1, 0.15) is 36.7 Å². The van der Waals surface area contributed by atoms with Gasteiger partial charge in [0.05, 0.1) is 4.92 Å². The zero-order chi connectivity index (χ0) is 11.6. The van der Waals surface area contributed by atoms with Crippen LogP contribution < -0.4 is 0 Å². The molecule has 1 rings (SSSR count). The van der Waals surface area contributed by atoms with Gasteiger partial charge in [0.1, 0.15) is 6.29 Å². The van der Waals surface area contributed by atoms with Crippen molar-refractivity contribution in [2.24, 2.45) is 0 Å². The van der Waals surface area contributed by atoms with Gasteiger partial charge in [-0.15, -0.1) is 0 Å². The third kappa shape index (κ3) is 2.40. The first-order chi connectivity index (χ1) is 6.86. The van der Waals surface area contributed by atoms with Gasteiger partial charge in [-0.2, -0.15) is 0 Å². The molecule has 0 unspecified atom stereocenters. The average Bonchev–Trinajstić information content (AvgIpc) is 2.15. The van der Waals surface area contributed by atoms with Crippen LogP contribution in [0.25, 0.3) is 0 Å². The molecule has 80 valence electrons. The van der Waals surface area contributed by atoms with Crippen molar-refractivity contribution in [3.63, 3.8) is 0 Å². The number of nitrogens with zero attached hydrogens (tertiary/aromatic N) is 1. The Balaban J connectivity index is 3.38. The van der Waals surface area contributed by atoms with Crippen LogP contribution in [0, 0.1) is 10.1 Å². The summed E-state index contributed by atoms with van der Waals surface area (Å²) in [5, 5.41) is 10.6. The van der Waals surface area contributed by atoms with Gasteiger partial charge in [0.25, 0.3) is 5.69 Å². The second-order valence-electron chi connectivity index (χ2n) is 4.40. The monoisotopic (exact) mass is 207 g/mol. The van der Waals surface area contributed by atoms with Crippen molar-refractivity contribution in [2.45, 2.75) is 26.2 Å². The van der Waals surface area contributed by atoms with Crippen molar-refractivity contribution in [1.82, 2.24) is 0 Å². The third-order valence-electron chi connectivity index (χ3n) is 2.18. The molecule has 0 heterocycles. The number of rotatable bonds is 2. The summed E-state index contributed by atoms with van der Waals surface area (Å²) in [6.45, 7) is 5.75. The van der Waals surface area contributed by atoms with Crippen molar-refractivity contribution in [1.29, 1.82) is 0 Å². The molecule has 4 nitrogen and oxygen atoms in total.